The number of nitrogens with one attached hydrogen (secondary N) is 1. The Labute approximate surface area is 195 Å². The molecule has 9 heteroatoms. The first-order valence-electron chi connectivity index (χ1n) is 11.5. The number of amides is 3. The molecule has 9 nitrogen and oxygen atoms in total. The number of nitrogens with two attached hydrogens (primary N) is 1. The predicted molar refractivity (Wildman–Crippen MR) is 126 cm³/mol. The zero-order valence-electron chi connectivity index (χ0n) is 20.1. The van der Waals surface area contributed by atoms with Gasteiger partial charge < -0.3 is 25.8 Å². The minimum absolute atomic E-state index is 0.0289. The quantitative estimate of drug-likeness (QED) is 0.620. The number of hydrogen-bond donors (Lipinski definition) is 2. The number of likely N-dealkylation sites (tertiary alicyclic amines) is 2. The second kappa shape index (κ2) is 9.91. The number of carbonyl (C=O) groups excluding carboxylic acids is 4. The fraction of sp³-hybridized carbons (Fsp3) is 0.583. The van der Waals surface area contributed by atoms with Crippen LogP contribution in [0.15, 0.2) is 24.3 Å². The number of fused-ring (bicyclic) bond motifs is 1. The van der Waals surface area contributed by atoms with Crippen molar-refractivity contribution >= 4 is 29.2 Å². The van der Waals surface area contributed by atoms with Crippen molar-refractivity contribution in [3.63, 3.8) is 0 Å². The van der Waals surface area contributed by atoms with Crippen molar-refractivity contribution in [2.24, 2.45) is 11.7 Å². The maximum Gasteiger partial charge on any atom is 0.251 e. The Bertz CT molecular complexity index is 912. The molecule has 4 atom stereocenters. The summed E-state index contributed by atoms with van der Waals surface area (Å²) in [5.41, 5.74) is 7.18. The third-order valence-corrected chi connectivity index (χ3v) is 6.33. The van der Waals surface area contributed by atoms with Crippen molar-refractivity contribution in [1.29, 1.82) is 0 Å². The van der Waals surface area contributed by atoms with Crippen molar-refractivity contribution in [2.75, 3.05) is 32.1 Å². The van der Waals surface area contributed by atoms with Crippen molar-refractivity contribution < 1.29 is 19.2 Å². The second-order valence-electron chi connectivity index (χ2n) is 9.65. The van der Waals surface area contributed by atoms with Gasteiger partial charge in [0, 0.05) is 31.9 Å². The Kier molecular flexibility index (Phi) is 7.41. The molecule has 0 saturated carbocycles. The summed E-state index contributed by atoms with van der Waals surface area (Å²) in [4.78, 5) is 56.6. The molecule has 2 aliphatic heterocycles. The first kappa shape index (κ1) is 24.7. The maximum atomic E-state index is 13.5. The van der Waals surface area contributed by atoms with Crippen LogP contribution in [0.4, 0.5) is 5.69 Å². The van der Waals surface area contributed by atoms with E-state index in [1.165, 1.54) is 4.90 Å². The summed E-state index contributed by atoms with van der Waals surface area (Å²) >= 11 is 0. The second-order valence-corrected chi connectivity index (χ2v) is 9.65. The highest BCUT2D eigenvalue weighted by Crippen LogP contribution is 2.31. The van der Waals surface area contributed by atoms with Gasteiger partial charge in [-0.15, -0.1) is 0 Å². The lowest BCUT2D eigenvalue weighted by molar-refractivity contribution is -0.138. The van der Waals surface area contributed by atoms with Gasteiger partial charge in [-0.1, -0.05) is 13.8 Å². The first-order valence-corrected chi connectivity index (χ1v) is 11.5. The van der Waals surface area contributed by atoms with E-state index >= 15 is 0 Å². The van der Waals surface area contributed by atoms with Gasteiger partial charge in [0.2, 0.25) is 11.8 Å². The van der Waals surface area contributed by atoms with Gasteiger partial charge in [-0.3, -0.25) is 19.2 Å². The molecule has 3 rings (SSSR count). The largest absolute Gasteiger partial charge is 0.378 e. The van der Waals surface area contributed by atoms with Crippen LogP contribution < -0.4 is 16.0 Å². The van der Waals surface area contributed by atoms with Gasteiger partial charge in [0.25, 0.3) is 5.91 Å². The zero-order valence-corrected chi connectivity index (χ0v) is 20.1. The van der Waals surface area contributed by atoms with E-state index in [0.29, 0.717) is 24.9 Å². The molecular weight excluding hydrogens is 422 g/mol. The molecule has 2 heterocycles. The molecular formula is C24H35N5O4. The molecule has 0 spiro atoms. The van der Waals surface area contributed by atoms with E-state index in [-0.39, 0.29) is 42.0 Å². The van der Waals surface area contributed by atoms with Crippen LogP contribution in [0.3, 0.4) is 0 Å². The fourth-order valence-corrected chi connectivity index (χ4v) is 4.67. The molecule has 2 aliphatic rings. The lowest BCUT2D eigenvalue weighted by Crippen LogP contribution is -2.53. The van der Waals surface area contributed by atoms with Crippen LogP contribution in [0, 0.1) is 5.92 Å². The molecule has 2 saturated heterocycles. The summed E-state index contributed by atoms with van der Waals surface area (Å²) in [7, 11) is 3.84. The van der Waals surface area contributed by atoms with E-state index in [1.807, 2.05) is 45.0 Å². The highest BCUT2D eigenvalue weighted by molar-refractivity contribution is 6.01. The minimum atomic E-state index is -0.754. The van der Waals surface area contributed by atoms with E-state index in [1.54, 1.807) is 24.0 Å². The van der Waals surface area contributed by atoms with E-state index in [4.69, 9.17) is 5.73 Å². The van der Waals surface area contributed by atoms with Gasteiger partial charge in [-0.25, -0.2) is 0 Å². The van der Waals surface area contributed by atoms with E-state index in [0.717, 1.165) is 5.69 Å². The van der Waals surface area contributed by atoms with E-state index in [2.05, 4.69) is 5.32 Å². The summed E-state index contributed by atoms with van der Waals surface area (Å²) in [6, 6.07) is 4.67. The van der Waals surface area contributed by atoms with E-state index in [9.17, 15) is 19.2 Å². The number of carbonyl (C=O) groups is 4. The zero-order chi connectivity index (χ0) is 24.4. The molecule has 33 heavy (non-hydrogen) atoms. The third kappa shape index (κ3) is 5.19. The van der Waals surface area contributed by atoms with Crippen LogP contribution in [-0.4, -0.2) is 84.7 Å². The van der Waals surface area contributed by atoms with Crippen LogP contribution in [0.1, 0.15) is 44.0 Å². The smallest absolute Gasteiger partial charge is 0.251 e. The van der Waals surface area contributed by atoms with Crippen LogP contribution >= 0.6 is 0 Å². The van der Waals surface area contributed by atoms with Crippen molar-refractivity contribution in [2.45, 2.75) is 57.8 Å². The molecule has 3 amide bonds. The molecule has 2 fully saturated rings. The fourth-order valence-electron chi connectivity index (χ4n) is 4.67. The Balaban J connectivity index is 1.76. The Hall–Kier alpha value is -2.94. The molecule has 180 valence electrons. The molecule has 1 aromatic rings. The number of hydrogen-bond acceptors (Lipinski definition) is 6. The highest BCUT2D eigenvalue weighted by atomic mass is 16.2. The van der Waals surface area contributed by atoms with Crippen molar-refractivity contribution in [1.82, 2.24) is 15.1 Å². The number of anilines is 1. The number of benzene rings is 1. The van der Waals surface area contributed by atoms with Crippen LogP contribution in [0.5, 0.6) is 0 Å². The van der Waals surface area contributed by atoms with Crippen LogP contribution in [0.2, 0.25) is 0 Å². The molecule has 0 aromatic heterocycles. The molecule has 0 bridgehead atoms. The number of Topliss-reactive ketones (excluding diaryl/α,β-unsaturated/α-hetero) is 1. The lowest BCUT2D eigenvalue weighted by Gasteiger charge is -2.29. The topological polar surface area (TPSA) is 116 Å². The first-order chi connectivity index (χ1) is 15.5. The molecule has 0 radical (unpaired) electrons. The SMILES string of the molecule is CC(C)C[C@H](NC(=O)c1ccc(N(C)C)cc1)C(=O)N1CCC2C1C(=O)CN2C(=O)[C@H](C)N. The number of rotatable bonds is 7. The monoisotopic (exact) mass is 457 g/mol. The summed E-state index contributed by atoms with van der Waals surface area (Å²) in [6.07, 6.45) is 0.972. The van der Waals surface area contributed by atoms with Gasteiger partial charge in [-0.2, -0.15) is 0 Å². The lowest BCUT2D eigenvalue weighted by atomic mass is 10.0. The summed E-state index contributed by atoms with van der Waals surface area (Å²) in [5.74, 6) is -0.893. The molecule has 0 aliphatic carbocycles. The van der Waals surface area contributed by atoms with Gasteiger partial charge in [0.15, 0.2) is 5.78 Å². The van der Waals surface area contributed by atoms with Gasteiger partial charge in [0.1, 0.15) is 12.1 Å². The minimum Gasteiger partial charge on any atom is -0.378 e. The van der Waals surface area contributed by atoms with Crippen LogP contribution in [-0.2, 0) is 14.4 Å². The Morgan fingerprint density at radius 1 is 1.09 bits per heavy atom. The van der Waals surface area contributed by atoms with Crippen LogP contribution in [0.25, 0.3) is 0 Å². The summed E-state index contributed by atoms with van der Waals surface area (Å²) in [5, 5.41) is 2.88. The normalized spacial score (nSPS) is 21.7. The van der Waals surface area contributed by atoms with Gasteiger partial charge in [0.05, 0.1) is 18.6 Å². The Morgan fingerprint density at radius 2 is 1.73 bits per heavy atom. The molecule has 3 N–H and O–H groups in total. The summed E-state index contributed by atoms with van der Waals surface area (Å²) < 4.78 is 0. The molecule has 2 unspecified atom stereocenters. The maximum absolute atomic E-state index is 13.5. The van der Waals surface area contributed by atoms with Gasteiger partial charge >= 0.3 is 0 Å². The average molecular weight is 458 g/mol. The van der Waals surface area contributed by atoms with Gasteiger partial charge in [-0.05, 0) is 49.9 Å². The van der Waals surface area contributed by atoms with Crippen molar-refractivity contribution in [3.8, 4) is 0 Å². The number of ketones is 1. The number of nitrogens with zero attached hydrogens (tertiary/aromatic N) is 3. The predicted octanol–water partition coefficient (Wildman–Crippen LogP) is 0.625. The summed E-state index contributed by atoms with van der Waals surface area (Å²) in [6.45, 7) is 5.89. The van der Waals surface area contributed by atoms with Crippen molar-refractivity contribution in [3.05, 3.63) is 29.8 Å². The average Bonchev–Trinajstić information content (AvgIpc) is 3.33. The third-order valence-electron chi connectivity index (χ3n) is 6.33. The highest BCUT2D eigenvalue weighted by Gasteiger charge is 2.52. The van der Waals surface area contributed by atoms with E-state index < -0.39 is 18.1 Å². The molecule has 1 aromatic carbocycles. The Morgan fingerprint density at radius 3 is 2.27 bits per heavy atom. The standard InChI is InChI=1S/C24H35N5O4/c1-14(2)12-18(26-22(31)16-6-8-17(9-7-16)27(4)5)24(33)28-11-10-19-21(28)20(30)13-29(19)23(32)15(3)25/h6-9,14-15,18-19,21H,10-13,25H2,1-5H3,(H,26,31)/t15-,18-,19?,21?/m0/s1.